The lowest BCUT2D eigenvalue weighted by atomic mass is 10.1. The van der Waals surface area contributed by atoms with E-state index in [9.17, 15) is 0 Å². The van der Waals surface area contributed by atoms with E-state index in [1.807, 2.05) is 13.0 Å². The molecule has 100 valence electrons. The van der Waals surface area contributed by atoms with Gasteiger partial charge in [-0.25, -0.2) is 0 Å². The molecule has 0 aromatic heterocycles. The van der Waals surface area contributed by atoms with Crippen LogP contribution in [0.4, 0.5) is 0 Å². The molecule has 0 unspecified atom stereocenters. The van der Waals surface area contributed by atoms with Crippen molar-refractivity contribution in [3.63, 3.8) is 0 Å². The van der Waals surface area contributed by atoms with Gasteiger partial charge in [0.05, 0.1) is 5.03 Å². The van der Waals surface area contributed by atoms with Crippen LogP contribution in [0.2, 0.25) is 0 Å². The summed E-state index contributed by atoms with van der Waals surface area (Å²) in [6, 6.07) is 0. The third kappa shape index (κ3) is 8.02. The lowest BCUT2D eigenvalue weighted by Crippen LogP contribution is -2.09. The van der Waals surface area contributed by atoms with E-state index in [2.05, 4.69) is 56.8 Å². The van der Waals surface area contributed by atoms with Crippen LogP contribution >= 0.6 is 11.8 Å². The van der Waals surface area contributed by atoms with Crippen molar-refractivity contribution in [3.05, 3.63) is 58.5 Å². The Hall–Kier alpha value is -1.15. The highest BCUT2D eigenvalue weighted by Gasteiger charge is 1.95. The minimum atomic E-state index is 0.972. The summed E-state index contributed by atoms with van der Waals surface area (Å²) in [5.74, 6) is 0. The highest BCUT2D eigenvalue weighted by Crippen LogP contribution is 2.19. The minimum Gasteiger partial charge on any atom is -0.380 e. The SMILES string of the molecule is C=C(NCCC)S/C=C(\C)C(=C)/C=C\C(C)=C/C. The first-order chi connectivity index (χ1) is 8.51. The molecular formula is C16H25NS. The molecule has 0 amide bonds. The topological polar surface area (TPSA) is 12.0 Å². The van der Waals surface area contributed by atoms with Gasteiger partial charge in [0.1, 0.15) is 0 Å². The Morgan fingerprint density at radius 1 is 1.22 bits per heavy atom. The largest absolute Gasteiger partial charge is 0.380 e. The molecule has 0 heterocycles. The van der Waals surface area contributed by atoms with Crippen LogP contribution in [-0.2, 0) is 0 Å². The normalized spacial score (nSPS) is 12.9. The molecule has 0 radical (unpaired) electrons. The quantitative estimate of drug-likeness (QED) is 0.606. The van der Waals surface area contributed by atoms with Crippen LogP contribution in [0.1, 0.15) is 34.1 Å². The van der Waals surface area contributed by atoms with Gasteiger partial charge in [0.25, 0.3) is 0 Å². The predicted octanol–water partition coefficient (Wildman–Crippen LogP) is 5.17. The second kappa shape index (κ2) is 9.84. The van der Waals surface area contributed by atoms with Gasteiger partial charge in [-0.3, -0.25) is 0 Å². The molecule has 0 bridgehead atoms. The number of allylic oxidation sites excluding steroid dienone is 6. The van der Waals surface area contributed by atoms with Gasteiger partial charge in [-0.1, -0.05) is 55.6 Å². The van der Waals surface area contributed by atoms with Gasteiger partial charge in [-0.15, -0.1) is 0 Å². The van der Waals surface area contributed by atoms with E-state index in [1.54, 1.807) is 11.8 Å². The number of rotatable bonds is 8. The second-order valence-electron chi connectivity index (χ2n) is 4.16. The number of thioether (sulfide) groups is 1. The fourth-order valence-electron chi connectivity index (χ4n) is 1.00. The lowest BCUT2D eigenvalue weighted by Gasteiger charge is -2.06. The molecular weight excluding hydrogens is 238 g/mol. The first kappa shape index (κ1) is 16.9. The van der Waals surface area contributed by atoms with Gasteiger partial charge < -0.3 is 5.32 Å². The molecule has 0 aliphatic heterocycles. The zero-order chi connectivity index (χ0) is 14.0. The van der Waals surface area contributed by atoms with Crippen molar-refractivity contribution in [1.29, 1.82) is 0 Å². The van der Waals surface area contributed by atoms with Crippen molar-refractivity contribution >= 4 is 11.8 Å². The van der Waals surface area contributed by atoms with Crippen molar-refractivity contribution in [3.8, 4) is 0 Å². The molecule has 0 aromatic rings. The zero-order valence-corrected chi connectivity index (χ0v) is 12.9. The Labute approximate surface area is 116 Å². The van der Waals surface area contributed by atoms with Crippen LogP contribution in [0.3, 0.4) is 0 Å². The van der Waals surface area contributed by atoms with Gasteiger partial charge in [0.2, 0.25) is 0 Å². The summed E-state index contributed by atoms with van der Waals surface area (Å²) >= 11 is 1.62. The average molecular weight is 263 g/mol. The first-order valence-electron chi connectivity index (χ1n) is 6.27. The first-order valence-corrected chi connectivity index (χ1v) is 7.15. The van der Waals surface area contributed by atoms with Crippen LogP contribution < -0.4 is 5.32 Å². The Morgan fingerprint density at radius 3 is 2.44 bits per heavy atom. The molecule has 0 saturated heterocycles. The maximum Gasteiger partial charge on any atom is 0.0650 e. The van der Waals surface area contributed by atoms with E-state index in [0.717, 1.165) is 23.6 Å². The highest BCUT2D eigenvalue weighted by molar-refractivity contribution is 8.05. The summed E-state index contributed by atoms with van der Waals surface area (Å²) in [7, 11) is 0. The molecule has 0 atom stereocenters. The zero-order valence-electron chi connectivity index (χ0n) is 12.0. The van der Waals surface area contributed by atoms with Gasteiger partial charge in [0, 0.05) is 6.54 Å². The summed E-state index contributed by atoms with van der Waals surface area (Å²) < 4.78 is 0. The molecule has 0 aliphatic rings. The summed E-state index contributed by atoms with van der Waals surface area (Å²) in [6.07, 6.45) is 7.31. The average Bonchev–Trinajstić information content (AvgIpc) is 2.38. The van der Waals surface area contributed by atoms with E-state index in [4.69, 9.17) is 0 Å². The molecule has 0 spiro atoms. The fourth-order valence-corrected chi connectivity index (χ4v) is 1.66. The van der Waals surface area contributed by atoms with E-state index >= 15 is 0 Å². The van der Waals surface area contributed by atoms with Crippen LogP contribution in [0.5, 0.6) is 0 Å². The van der Waals surface area contributed by atoms with Gasteiger partial charge in [-0.2, -0.15) is 0 Å². The van der Waals surface area contributed by atoms with Crippen LogP contribution in [0.15, 0.2) is 58.5 Å². The molecule has 0 aliphatic carbocycles. The summed E-state index contributed by atoms with van der Waals surface area (Å²) in [5, 5.41) is 6.32. The monoisotopic (exact) mass is 263 g/mol. The molecule has 0 rings (SSSR count). The van der Waals surface area contributed by atoms with E-state index in [0.29, 0.717) is 0 Å². The van der Waals surface area contributed by atoms with Crippen LogP contribution in [0, 0.1) is 0 Å². The maximum absolute atomic E-state index is 4.06. The van der Waals surface area contributed by atoms with E-state index in [-0.39, 0.29) is 0 Å². The van der Waals surface area contributed by atoms with Crippen molar-refractivity contribution in [2.75, 3.05) is 6.54 Å². The van der Waals surface area contributed by atoms with Gasteiger partial charge in [-0.05, 0) is 43.7 Å². The van der Waals surface area contributed by atoms with E-state index < -0.39 is 0 Å². The Balaban J connectivity index is 4.29. The Kier molecular flexibility index (Phi) is 9.21. The Morgan fingerprint density at radius 2 is 1.89 bits per heavy atom. The van der Waals surface area contributed by atoms with E-state index in [1.165, 1.54) is 11.1 Å². The Bertz CT molecular complexity index is 373. The number of hydrogen-bond donors (Lipinski definition) is 1. The van der Waals surface area contributed by atoms with Crippen LogP contribution in [-0.4, -0.2) is 6.54 Å². The number of hydrogen-bond acceptors (Lipinski definition) is 2. The molecule has 18 heavy (non-hydrogen) atoms. The third-order valence-electron chi connectivity index (χ3n) is 2.46. The molecule has 0 saturated carbocycles. The summed E-state index contributed by atoms with van der Waals surface area (Å²) in [6.45, 7) is 17.3. The van der Waals surface area contributed by atoms with Crippen molar-refractivity contribution in [2.45, 2.75) is 34.1 Å². The molecule has 2 heteroatoms. The van der Waals surface area contributed by atoms with Crippen LogP contribution in [0.25, 0.3) is 0 Å². The molecule has 0 aromatic carbocycles. The molecule has 1 N–H and O–H groups in total. The predicted molar refractivity (Wildman–Crippen MR) is 86.5 cm³/mol. The minimum absolute atomic E-state index is 0.972. The third-order valence-corrected chi connectivity index (χ3v) is 3.36. The van der Waals surface area contributed by atoms with Crippen molar-refractivity contribution in [2.24, 2.45) is 0 Å². The summed E-state index contributed by atoms with van der Waals surface area (Å²) in [5.41, 5.74) is 3.44. The van der Waals surface area contributed by atoms with Gasteiger partial charge >= 0.3 is 0 Å². The van der Waals surface area contributed by atoms with Crippen molar-refractivity contribution < 1.29 is 0 Å². The smallest absolute Gasteiger partial charge is 0.0650 e. The molecule has 1 nitrogen and oxygen atoms in total. The second-order valence-corrected chi connectivity index (χ2v) is 5.12. The number of nitrogens with one attached hydrogen (secondary N) is 1. The van der Waals surface area contributed by atoms with Crippen molar-refractivity contribution in [1.82, 2.24) is 5.32 Å². The highest BCUT2D eigenvalue weighted by atomic mass is 32.2. The molecule has 0 fully saturated rings. The lowest BCUT2D eigenvalue weighted by molar-refractivity contribution is 0.802. The standard InChI is InChI=1S/C16H25NS/c1-7-11-17-16(6)18-12-15(5)14(4)10-9-13(3)8-2/h8-10,12,17H,4,6-7,11H2,1-3,5H3/b10-9-,13-8-,15-12+. The maximum atomic E-state index is 4.06. The fraction of sp³-hybridized carbons (Fsp3) is 0.375. The van der Waals surface area contributed by atoms with Gasteiger partial charge in [0.15, 0.2) is 0 Å². The summed E-state index contributed by atoms with van der Waals surface area (Å²) in [4.78, 5) is 0.